The lowest BCUT2D eigenvalue weighted by molar-refractivity contribution is -0.192. The van der Waals surface area contributed by atoms with Crippen LogP contribution in [0, 0.1) is 22.6 Å². The molecule has 1 heterocycles. The molecule has 0 saturated carbocycles. The lowest BCUT2D eigenvalue weighted by Gasteiger charge is -2.40. The molecule has 0 bridgehead atoms. The van der Waals surface area contributed by atoms with E-state index in [2.05, 4.69) is 11.4 Å². The Bertz CT molecular complexity index is 1180. The second kappa shape index (κ2) is 10.6. The number of hydrogen-bond acceptors (Lipinski definition) is 4. The summed E-state index contributed by atoms with van der Waals surface area (Å²) in [6, 6.07) is 11.8. The molecular weight excluding hydrogens is 527 g/mol. The Hall–Kier alpha value is -2.87. The first kappa shape index (κ1) is 29.4. The number of hydrogen-bond donors (Lipinski definition) is 3. The van der Waals surface area contributed by atoms with Crippen LogP contribution in [0.3, 0.4) is 0 Å². The number of rotatable bonds is 3. The molecule has 1 aliphatic heterocycles. The van der Waals surface area contributed by atoms with Crippen molar-refractivity contribution < 1.29 is 37.4 Å². The summed E-state index contributed by atoms with van der Waals surface area (Å²) < 4.78 is 46.8. The molecule has 1 fully saturated rings. The minimum atomic E-state index is -5.08. The van der Waals surface area contributed by atoms with E-state index in [1.807, 2.05) is 20.8 Å². The minimum absolute atomic E-state index is 0.0978. The molecule has 6 nitrogen and oxygen atoms in total. The summed E-state index contributed by atoms with van der Waals surface area (Å²) in [5, 5.41) is 31.1. The second-order valence-corrected chi connectivity index (χ2v) is 10.0. The molecule has 0 aliphatic carbocycles. The molecule has 12 heteroatoms. The van der Waals surface area contributed by atoms with Gasteiger partial charge in [-0.25, -0.2) is 9.18 Å². The number of nitrogens with one attached hydrogen (secondary N) is 1. The standard InChI is InChI=1S/C22H21Cl2FN2O2.C2HF3O2/c1-21(2,3)20-22(11-26,12-7-9-13(23)10-8-12)16(18(27-20)19(28)29)14-5-4-6-15(24)17(14)25;3-2(4,5)1(6)7/h4-10,16,18,20,27H,1-3H3,(H,28,29);(H,6,7)/t16-,18+,20-,22+;/m0./s1. The summed E-state index contributed by atoms with van der Waals surface area (Å²) in [5.41, 5.74) is -1.20. The number of nitrogens with zero attached hydrogens (tertiary/aromatic N) is 1. The third kappa shape index (κ3) is 5.75. The summed E-state index contributed by atoms with van der Waals surface area (Å²) in [4.78, 5) is 21.1. The molecule has 0 radical (unpaired) electrons. The summed E-state index contributed by atoms with van der Waals surface area (Å²) in [5.74, 6) is -5.63. The van der Waals surface area contributed by atoms with Crippen molar-refractivity contribution in [1.29, 1.82) is 5.26 Å². The van der Waals surface area contributed by atoms with E-state index >= 15 is 4.39 Å². The molecule has 3 N–H and O–H groups in total. The number of alkyl halides is 3. The maximum Gasteiger partial charge on any atom is 0.490 e. The van der Waals surface area contributed by atoms with Crippen LogP contribution in [-0.2, 0) is 15.0 Å². The molecule has 4 atom stereocenters. The van der Waals surface area contributed by atoms with E-state index in [1.54, 1.807) is 30.3 Å². The van der Waals surface area contributed by atoms with E-state index in [0.717, 1.165) is 0 Å². The van der Waals surface area contributed by atoms with Gasteiger partial charge in [0.2, 0.25) is 0 Å². The van der Waals surface area contributed by atoms with Crippen molar-refractivity contribution in [1.82, 2.24) is 5.32 Å². The van der Waals surface area contributed by atoms with Gasteiger partial charge in [0.25, 0.3) is 0 Å². The predicted octanol–water partition coefficient (Wildman–Crippen LogP) is 5.78. The molecule has 194 valence electrons. The van der Waals surface area contributed by atoms with E-state index in [1.165, 1.54) is 12.1 Å². The van der Waals surface area contributed by atoms with E-state index < -0.39 is 52.8 Å². The van der Waals surface area contributed by atoms with Crippen molar-refractivity contribution in [2.45, 2.75) is 50.4 Å². The first-order chi connectivity index (χ1) is 16.5. The van der Waals surface area contributed by atoms with Crippen molar-refractivity contribution in [3.05, 3.63) is 69.5 Å². The highest BCUT2D eigenvalue weighted by molar-refractivity contribution is 6.31. The maximum absolute atomic E-state index is 15.1. The van der Waals surface area contributed by atoms with Gasteiger partial charge in [0, 0.05) is 17.0 Å². The van der Waals surface area contributed by atoms with Crippen LogP contribution in [0.4, 0.5) is 17.6 Å². The number of nitriles is 1. The Kier molecular flexibility index (Phi) is 8.67. The smallest absolute Gasteiger partial charge is 0.480 e. The van der Waals surface area contributed by atoms with E-state index in [0.29, 0.717) is 10.6 Å². The van der Waals surface area contributed by atoms with Crippen LogP contribution in [0.25, 0.3) is 0 Å². The molecule has 0 unspecified atom stereocenters. The van der Waals surface area contributed by atoms with Crippen LogP contribution >= 0.6 is 23.2 Å². The number of carboxylic acid groups (broad SMARTS) is 2. The highest BCUT2D eigenvalue weighted by Crippen LogP contribution is 2.53. The zero-order valence-corrected chi connectivity index (χ0v) is 20.7. The highest BCUT2D eigenvalue weighted by Gasteiger charge is 2.62. The molecule has 3 rings (SSSR count). The van der Waals surface area contributed by atoms with Gasteiger partial charge in [-0.3, -0.25) is 10.1 Å². The molecule has 0 amide bonds. The fourth-order valence-corrected chi connectivity index (χ4v) is 4.76. The van der Waals surface area contributed by atoms with Gasteiger partial charge in [-0.1, -0.05) is 68.2 Å². The minimum Gasteiger partial charge on any atom is -0.480 e. The number of aliphatic carboxylic acids is 2. The maximum atomic E-state index is 15.1. The molecule has 2 aromatic carbocycles. The van der Waals surface area contributed by atoms with Crippen LogP contribution in [0.1, 0.15) is 37.8 Å². The fourth-order valence-electron chi connectivity index (χ4n) is 4.45. The molecule has 1 aliphatic rings. The van der Waals surface area contributed by atoms with Crippen LogP contribution < -0.4 is 5.32 Å². The van der Waals surface area contributed by atoms with Gasteiger partial charge < -0.3 is 10.2 Å². The zero-order chi connectivity index (χ0) is 27.6. The largest absolute Gasteiger partial charge is 0.490 e. The molecular formula is C24H22Cl2F4N2O4. The zero-order valence-electron chi connectivity index (χ0n) is 19.2. The van der Waals surface area contributed by atoms with Crippen molar-refractivity contribution in [3.63, 3.8) is 0 Å². The third-order valence-electron chi connectivity index (χ3n) is 5.82. The highest BCUT2D eigenvalue weighted by atomic mass is 35.5. The van der Waals surface area contributed by atoms with Crippen molar-refractivity contribution in [3.8, 4) is 6.07 Å². The van der Waals surface area contributed by atoms with Gasteiger partial charge >= 0.3 is 18.1 Å². The molecule has 1 saturated heterocycles. The lowest BCUT2D eigenvalue weighted by atomic mass is 9.60. The van der Waals surface area contributed by atoms with Gasteiger partial charge in [-0.2, -0.15) is 18.4 Å². The first-order valence-electron chi connectivity index (χ1n) is 10.4. The second-order valence-electron chi connectivity index (χ2n) is 9.19. The molecule has 2 aromatic rings. The number of carboxylic acids is 2. The Labute approximate surface area is 214 Å². The van der Waals surface area contributed by atoms with Crippen LogP contribution in [-0.4, -0.2) is 40.4 Å². The van der Waals surface area contributed by atoms with Gasteiger partial charge in [-0.15, -0.1) is 0 Å². The van der Waals surface area contributed by atoms with Gasteiger partial charge in [0.1, 0.15) is 17.3 Å². The summed E-state index contributed by atoms with van der Waals surface area (Å²) >= 11 is 12.0. The van der Waals surface area contributed by atoms with Crippen molar-refractivity contribution >= 4 is 35.1 Å². The third-order valence-corrected chi connectivity index (χ3v) is 6.37. The monoisotopic (exact) mass is 548 g/mol. The Morgan fingerprint density at radius 2 is 1.58 bits per heavy atom. The quantitative estimate of drug-likeness (QED) is 0.419. The normalized spacial score (nSPS) is 23.8. The first-order valence-corrected chi connectivity index (χ1v) is 11.1. The Balaban J connectivity index is 0.000000572. The Morgan fingerprint density at radius 1 is 1.06 bits per heavy atom. The van der Waals surface area contributed by atoms with Gasteiger partial charge in [0.15, 0.2) is 0 Å². The summed E-state index contributed by atoms with van der Waals surface area (Å²) in [6.07, 6.45) is -5.08. The molecule has 36 heavy (non-hydrogen) atoms. The van der Waals surface area contributed by atoms with Crippen LogP contribution in [0.15, 0.2) is 42.5 Å². The van der Waals surface area contributed by atoms with Crippen molar-refractivity contribution in [2.75, 3.05) is 0 Å². The van der Waals surface area contributed by atoms with Gasteiger partial charge in [0.05, 0.1) is 11.1 Å². The van der Waals surface area contributed by atoms with Gasteiger partial charge in [-0.05, 0) is 34.7 Å². The van der Waals surface area contributed by atoms with E-state index in [9.17, 15) is 28.3 Å². The topological polar surface area (TPSA) is 110 Å². The average molecular weight is 549 g/mol. The lowest BCUT2D eigenvalue weighted by Crippen LogP contribution is -2.50. The average Bonchev–Trinajstić information content (AvgIpc) is 3.13. The fraction of sp³-hybridized carbons (Fsp3) is 0.375. The molecule has 0 spiro atoms. The number of halogens is 6. The number of carbonyl (C=O) groups is 2. The predicted molar refractivity (Wildman–Crippen MR) is 124 cm³/mol. The Morgan fingerprint density at radius 3 is 2.00 bits per heavy atom. The van der Waals surface area contributed by atoms with E-state index in [-0.39, 0.29) is 10.6 Å². The van der Waals surface area contributed by atoms with E-state index in [4.69, 9.17) is 33.1 Å². The summed E-state index contributed by atoms with van der Waals surface area (Å²) in [7, 11) is 0. The van der Waals surface area contributed by atoms with Crippen LogP contribution in [0.5, 0.6) is 0 Å². The SMILES string of the molecule is CC(C)(C)[C@@H]1N[C@@H](C(=O)O)[C@H](c2cccc(Cl)c2F)[C@@]1(C#N)c1ccc(Cl)cc1.O=C(O)C(F)(F)F. The number of benzene rings is 2. The van der Waals surface area contributed by atoms with Crippen molar-refractivity contribution in [2.24, 2.45) is 5.41 Å². The molecule has 0 aromatic heterocycles. The van der Waals surface area contributed by atoms with Crippen LogP contribution in [0.2, 0.25) is 10.0 Å². The summed E-state index contributed by atoms with van der Waals surface area (Å²) in [6.45, 7) is 5.76.